The summed E-state index contributed by atoms with van der Waals surface area (Å²) in [6.07, 6.45) is 1.06. The molecule has 2 aromatic rings. The van der Waals surface area contributed by atoms with Crippen molar-refractivity contribution in [1.82, 2.24) is 10.3 Å². The van der Waals surface area contributed by atoms with Gasteiger partial charge >= 0.3 is 0 Å². The van der Waals surface area contributed by atoms with Gasteiger partial charge < -0.3 is 15.1 Å². The second kappa shape index (κ2) is 8.74. The van der Waals surface area contributed by atoms with Gasteiger partial charge in [0.05, 0.1) is 10.2 Å². The number of benzene rings is 1. The van der Waals surface area contributed by atoms with Gasteiger partial charge in [0.2, 0.25) is 0 Å². The molecule has 0 atom stereocenters. The third-order valence-corrected chi connectivity index (χ3v) is 5.89. The second-order valence-electron chi connectivity index (χ2n) is 7.46. The summed E-state index contributed by atoms with van der Waals surface area (Å²) in [4.78, 5) is 19.8. The van der Waals surface area contributed by atoms with Crippen LogP contribution in [0.5, 0.6) is 0 Å². The lowest BCUT2D eigenvalue weighted by molar-refractivity contribution is -1.02. The molecular weight excluding hydrogens is 332 g/mol. The van der Waals surface area contributed by atoms with Gasteiger partial charge in [0.15, 0.2) is 6.54 Å². The Kier molecular flexibility index (Phi) is 6.39. The Morgan fingerprint density at radius 3 is 2.64 bits per heavy atom. The van der Waals surface area contributed by atoms with Crippen LogP contribution in [0.25, 0.3) is 10.2 Å². The summed E-state index contributed by atoms with van der Waals surface area (Å²) in [6, 6.07) is 8.36. The van der Waals surface area contributed by atoms with Crippen molar-refractivity contribution in [2.45, 2.75) is 26.8 Å². The summed E-state index contributed by atoms with van der Waals surface area (Å²) in [5, 5.41) is 4.28. The third kappa shape index (κ3) is 5.49. The molecule has 0 aliphatic carbocycles. The van der Waals surface area contributed by atoms with Crippen LogP contribution in [-0.2, 0) is 11.3 Å². The monoisotopic (exact) mass is 362 g/mol. The number of thiazole rings is 1. The number of nitrogens with one attached hydrogen (secondary N) is 3. The normalized spacial score (nSPS) is 20.9. The quantitative estimate of drug-likeness (QED) is 0.636. The van der Waals surface area contributed by atoms with E-state index in [-0.39, 0.29) is 5.91 Å². The van der Waals surface area contributed by atoms with Crippen molar-refractivity contribution in [3.63, 3.8) is 0 Å². The highest BCUT2D eigenvalue weighted by Crippen LogP contribution is 2.20. The first-order valence-corrected chi connectivity index (χ1v) is 10.2. The predicted molar refractivity (Wildman–Crippen MR) is 102 cm³/mol. The number of carbonyl (C=O) groups is 1. The van der Waals surface area contributed by atoms with E-state index < -0.39 is 0 Å². The van der Waals surface area contributed by atoms with Gasteiger partial charge in [-0.15, -0.1) is 11.3 Å². The predicted octanol–water partition coefficient (Wildman–Crippen LogP) is -0.258. The fourth-order valence-electron chi connectivity index (χ4n) is 3.31. The minimum Gasteiger partial charge on any atom is -0.351 e. The van der Waals surface area contributed by atoms with Gasteiger partial charge in [0.25, 0.3) is 5.91 Å². The standard InChI is InChI=1S/C19H28N4OS/c1-15(2)7-8-20-18(24)13-22-9-11-23(12-10-22)14-19-21-16-5-3-4-6-17(16)25-19/h3-6,15H,7-14H2,1-2H3,(H,20,24)/p+2. The van der Waals surface area contributed by atoms with Gasteiger partial charge in [0.1, 0.15) is 37.7 Å². The highest BCUT2D eigenvalue weighted by Gasteiger charge is 2.25. The maximum absolute atomic E-state index is 12.0. The number of carbonyl (C=O) groups excluding carboxylic acids is 1. The first-order chi connectivity index (χ1) is 12.1. The van der Waals surface area contributed by atoms with E-state index in [1.165, 1.54) is 14.6 Å². The Morgan fingerprint density at radius 1 is 1.20 bits per heavy atom. The molecule has 0 unspecified atom stereocenters. The van der Waals surface area contributed by atoms with Gasteiger partial charge in [-0.2, -0.15) is 0 Å². The average molecular weight is 363 g/mol. The van der Waals surface area contributed by atoms with Crippen molar-refractivity contribution < 1.29 is 14.6 Å². The van der Waals surface area contributed by atoms with Crippen molar-refractivity contribution in [1.29, 1.82) is 0 Å². The molecule has 1 aromatic carbocycles. The van der Waals surface area contributed by atoms with Gasteiger partial charge in [-0.05, 0) is 24.5 Å². The smallest absolute Gasteiger partial charge is 0.275 e. The minimum absolute atomic E-state index is 0.199. The number of quaternary nitrogens is 2. The molecule has 2 heterocycles. The molecule has 5 nitrogen and oxygen atoms in total. The number of rotatable bonds is 7. The zero-order valence-corrected chi connectivity index (χ0v) is 16.1. The van der Waals surface area contributed by atoms with E-state index in [1.54, 1.807) is 4.90 Å². The molecule has 1 aromatic heterocycles. The molecule has 6 heteroatoms. The summed E-state index contributed by atoms with van der Waals surface area (Å²) >= 11 is 1.81. The summed E-state index contributed by atoms with van der Waals surface area (Å²) < 4.78 is 1.28. The van der Waals surface area contributed by atoms with E-state index >= 15 is 0 Å². The van der Waals surface area contributed by atoms with Crippen molar-refractivity contribution in [2.24, 2.45) is 5.92 Å². The summed E-state index contributed by atoms with van der Waals surface area (Å²) in [5.41, 5.74) is 1.12. The van der Waals surface area contributed by atoms with E-state index in [9.17, 15) is 4.79 Å². The van der Waals surface area contributed by atoms with E-state index in [4.69, 9.17) is 4.98 Å². The van der Waals surface area contributed by atoms with Crippen LogP contribution in [0.2, 0.25) is 0 Å². The number of fused-ring (bicyclic) bond motifs is 1. The Bertz CT molecular complexity index is 659. The lowest BCUT2D eigenvalue weighted by Gasteiger charge is -2.28. The molecule has 1 amide bonds. The fourth-order valence-corrected chi connectivity index (χ4v) is 4.35. The SMILES string of the molecule is CC(C)CCNC(=O)C[NH+]1CC[NH+](Cc2nc3ccccc3s2)CC1. The van der Waals surface area contributed by atoms with Gasteiger partial charge in [-0.3, -0.25) is 4.79 Å². The van der Waals surface area contributed by atoms with E-state index in [0.29, 0.717) is 12.5 Å². The first kappa shape index (κ1) is 18.3. The molecular formula is C19H30N4OS+2. The van der Waals surface area contributed by atoms with Crippen LogP contribution < -0.4 is 15.1 Å². The zero-order valence-electron chi connectivity index (χ0n) is 15.3. The highest BCUT2D eigenvalue weighted by atomic mass is 32.1. The topological polar surface area (TPSA) is 50.9 Å². The van der Waals surface area contributed by atoms with Gasteiger partial charge in [-0.25, -0.2) is 4.98 Å². The summed E-state index contributed by atoms with van der Waals surface area (Å²) in [7, 11) is 0. The summed E-state index contributed by atoms with van der Waals surface area (Å²) in [6.45, 7) is 11.2. The second-order valence-corrected chi connectivity index (χ2v) is 8.58. The van der Waals surface area contributed by atoms with E-state index in [1.807, 2.05) is 17.4 Å². The van der Waals surface area contributed by atoms with Gasteiger partial charge in [0, 0.05) is 6.54 Å². The average Bonchev–Trinajstić information content (AvgIpc) is 2.98. The Morgan fingerprint density at radius 2 is 1.92 bits per heavy atom. The fraction of sp³-hybridized carbons (Fsp3) is 0.579. The maximum Gasteiger partial charge on any atom is 0.275 e. The molecule has 136 valence electrons. The largest absolute Gasteiger partial charge is 0.351 e. The number of hydrogen-bond donors (Lipinski definition) is 3. The van der Waals surface area contributed by atoms with Crippen molar-refractivity contribution >= 4 is 27.5 Å². The third-order valence-electron chi connectivity index (χ3n) is 4.86. The van der Waals surface area contributed by atoms with Crippen molar-refractivity contribution in [3.8, 4) is 0 Å². The minimum atomic E-state index is 0.199. The number of amides is 1. The van der Waals surface area contributed by atoms with Crippen LogP contribution in [0.4, 0.5) is 0 Å². The van der Waals surface area contributed by atoms with Crippen LogP contribution in [0, 0.1) is 5.92 Å². The van der Waals surface area contributed by atoms with E-state index in [2.05, 4.69) is 37.4 Å². The zero-order chi connectivity index (χ0) is 17.6. The van der Waals surface area contributed by atoms with Crippen LogP contribution in [0.3, 0.4) is 0 Å². The molecule has 0 spiro atoms. The van der Waals surface area contributed by atoms with Crippen LogP contribution >= 0.6 is 11.3 Å². The molecule has 0 saturated carbocycles. The van der Waals surface area contributed by atoms with Crippen molar-refractivity contribution in [2.75, 3.05) is 39.3 Å². The molecule has 1 fully saturated rings. The lowest BCUT2D eigenvalue weighted by atomic mass is 10.1. The molecule has 3 rings (SSSR count). The Labute approximate surface area is 154 Å². The Balaban J connectivity index is 1.40. The Hall–Kier alpha value is -1.50. The maximum atomic E-state index is 12.0. The van der Waals surface area contributed by atoms with Crippen molar-refractivity contribution in [3.05, 3.63) is 29.3 Å². The molecule has 1 aliphatic heterocycles. The molecule has 1 aliphatic rings. The number of hydrogen-bond acceptors (Lipinski definition) is 3. The number of aromatic nitrogens is 1. The number of piperazine rings is 1. The summed E-state index contributed by atoms with van der Waals surface area (Å²) in [5.74, 6) is 0.840. The van der Waals surface area contributed by atoms with Crippen LogP contribution in [-0.4, -0.2) is 50.2 Å². The first-order valence-electron chi connectivity index (χ1n) is 9.38. The molecule has 3 N–H and O–H groups in total. The molecule has 25 heavy (non-hydrogen) atoms. The molecule has 0 radical (unpaired) electrons. The lowest BCUT2D eigenvalue weighted by Crippen LogP contribution is -3.28. The highest BCUT2D eigenvalue weighted by molar-refractivity contribution is 7.18. The van der Waals surface area contributed by atoms with Crippen LogP contribution in [0.1, 0.15) is 25.3 Å². The van der Waals surface area contributed by atoms with E-state index in [0.717, 1.165) is 51.2 Å². The number of nitrogens with zero attached hydrogens (tertiary/aromatic N) is 1. The molecule has 1 saturated heterocycles. The van der Waals surface area contributed by atoms with Gasteiger partial charge in [-0.1, -0.05) is 26.0 Å². The number of para-hydroxylation sites is 1. The van der Waals surface area contributed by atoms with Crippen LogP contribution in [0.15, 0.2) is 24.3 Å². The molecule has 0 bridgehead atoms.